The Hall–Kier alpha value is -3.99. The first-order valence-corrected chi connectivity index (χ1v) is 12.4. The summed E-state index contributed by atoms with van der Waals surface area (Å²) in [5.41, 5.74) is 3.49. The van der Waals surface area contributed by atoms with Crippen molar-refractivity contribution in [3.63, 3.8) is 0 Å². The van der Waals surface area contributed by atoms with Crippen LogP contribution >= 0.6 is 11.3 Å². The van der Waals surface area contributed by atoms with Gasteiger partial charge in [0.15, 0.2) is 11.5 Å². The number of likely N-dealkylation sites (tertiary alicyclic amines) is 1. The number of aromatic nitrogens is 2. The first-order chi connectivity index (χ1) is 17.4. The molecule has 2 N–H and O–H groups in total. The molecule has 0 aliphatic carbocycles. The van der Waals surface area contributed by atoms with Crippen molar-refractivity contribution in [3.05, 3.63) is 57.5 Å². The van der Waals surface area contributed by atoms with Gasteiger partial charge in [0.05, 0.1) is 0 Å². The SMILES string of the molecule is Cc1cc(C)cc(NC(=O)C2CCN(C(=O)c3nnc(C(=O)Nc4ccc5c(c4)OCO5)s3)CC2)c1. The Morgan fingerprint density at radius 1 is 0.889 bits per heavy atom. The quantitative estimate of drug-likeness (QED) is 0.541. The highest BCUT2D eigenvalue weighted by atomic mass is 32.1. The lowest BCUT2D eigenvalue weighted by Crippen LogP contribution is -2.41. The lowest BCUT2D eigenvalue weighted by molar-refractivity contribution is -0.121. The molecule has 0 bridgehead atoms. The Labute approximate surface area is 211 Å². The normalized spacial score (nSPS) is 15.0. The number of hydrogen-bond acceptors (Lipinski definition) is 8. The molecule has 2 aromatic carbocycles. The molecule has 2 aliphatic rings. The Balaban J connectivity index is 1.15. The number of hydrogen-bond donors (Lipinski definition) is 2. The lowest BCUT2D eigenvalue weighted by Gasteiger charge is -2.30. The van der Waals surface area contributed by atoms with E-state index in [0.29, 0.717) is 43.1 Å². The molecule has 5 rings (SSSR count). The number of carbonyl (C=O) groups excluding carboxylic acids is 3. The molecule has 1 saturated heterocycles. The van der Waals surface area contributed by atoms with Crippen molar-refractivity contribution in [1.82, 2.24) is 15.1 Å². The number of fused-ring (bicyclic) bond motifs is 1. The molecule has 2 aliphatic heterocycles. The summed E-state index contributed by atoms with van der Waals surface area (Å²) in [7, 11) is 0. The summed E-state index contributed by atoms with van der Waals surface area (Å²) in [5.74, 6) is 0.197. The summed E-state index contributed by atoms with van der Waals surface area (Å²) >= 11 is 0.938. The van der Waals surface area contributed by atoms with Gasteiger partial charge in [-0.2, -0.15) is 0 Å². The molecule has 11 heteroatoms. The number of aryl methyl sites for hydroxylation is 2. The van der Waals surface area contributed by atoms with Crippen LogP contribution in [0, 0.1) is 19.8 Å². The first-order valence-electron chi connectivity index (χ1n) is 11.6. The van der Waals surface area contributed by atoms with Crippen LogP contribution in [-0.4, -0.2) is 52.7 Å². The van der Waals surface area contributed by atoms with Crippen molar-refractivity contribution in [1.29, 1.82) is 0 Å². The molecule has 0 unspecified atom stereocenters. The van der Waals surface area contributed by atoms with E-state index in [-0.39, 0.29) is 34.5 Å². The second-order valence-corrected chi connectivity index (χ2v) is 9.84. The monoisotopic (exact) mass is 507 g/mol. The van der Waals surface area contributed by atoms with Crippen LogP contribution in [0.1, 0.15) is 43.6 Å². The van der Waals surface area contributed by atoms with Crippen LogP contribution in [0.2, 0.25) is 0 Å². The number of nitrogens with zero attached hydrogens (tertiary/aromatic N) is 3. The van der Waals surface area contributed by atoms with Gasteiger partial charge < -0.3 is 25.0 Å². The third-order valence-corrected chi connectivity index (χ3v) is 6.98. The van der Waals surface area contributed by atoms with E-state index in [2.05, 4.69) is 26.9 Å². The van der Waals surface area contributed by atoms with Gasteiger partial charge in [-0.1, -0.05) is 17.4 Å². The van der Waals surface area contributed by atoms with Crippen molar-refractivity contribution < 1.29 is 23.9 Å². The van der Waals surface area contributed by atoms with Crippen LogP contribution in [0.5, 0.6) is 11.5 Å². The number of piperidine rings is 1. The van der Waals surface area contributed by atoms with Crippen molar-refractivity contribution in [2.75, 3.05) is 30.5 Å². The van der Waals surface area contributed by atoms with Crippen LogP contribution in [0.3, 0.4) is 0 Å². The van der Waals surface area contributed by atoms with Gasteiger partial charge >= 0.3 is 0 Å². The molecule has 3 amide bonds. The fraction of sp³-hybridized carbons (Fsp3) is 0.320. The van der Waals surface area contributed by atoms with E-state index < -0.39 is 5.91 Å². The fourth-order valence-electron chi connectivity index (χ4n) is 4.33. The maximum absolute atomic E-state index is 12.9. The molecule has 0 radical (unpaired) electrons. The third kappa shape index (κ3) is 5.15. The van der Waals surface area contributed by atoms with Gasteiger partial charge in [0.1, 0.15) is 0 Å². The lowest BCUT2D eigenvalue weighted by atomic mass is 9.95. The van der Waals surface area contributed by atoms with E-state index in [0.717, 1.165) is 28.2 Å². The van der Waals surface area contributed by atoms with E-state index in [1.165, 1.54) is 0 Å². The average molecular weight is 508 g/mol. The van der Waals surface area contributed by atoms with Crippen LogP contribution in [-0.2, 0) is 4.79 Å². The molecule has 0 atom stereocenters. The van der Waals surface area contributed by atoms with Gasteiger partial charge in [0, 0.05) is 36.4 Å². The van der Waals surface area contributed by atoms with E-state index in [4.69, 9.17) is 9.47 Å². The van der Waals surface area contributed by atoms with Crippen molar-refractivity contribution >= 4 is 40.4 Å². The van der Waals surface area contributed by atoms with Gasteiger partial charge in [-0.25, -0.2) is 0 Å². The molecule has 36 heavy (non-hydrogen) atoms. The molecule has 0 spiro atoms. The van der Waals surface area contributed by atoms with Crippen LogP contribution < -0.4 is 20.1 Å². The summed E-state index contributed by atoms with van der Waals surface area (Å²) in [5, 5.41) is 13.8. The minimum Gasteiger partial charge on any atom is -0.454 e. The smallest absolute Gasteiger partial charge is 0.286 e. The molecule has 3 aromatic rings. The predicted molar refractivity (Wildman–Crippen MR) is 134 cm³/mol. The topological polar surface area (TPSA) is 123 Å². The Morgan fingerprint density at radius 2 is 1.58 bits per heavy atom. The van der Waals surface area contributed by atoms with Crippen LogP contribution in [0.4, 0.5) is 11.4 Å². The molecule has 0 saturated carbocycles. The molecule has 186 valence electrons. The Kier molecular flexibility index (Phi) is 6.55. The van der Waals surface area contributed by atoms with Gasteiger partial charge in [0.2, 0.25) is 22.7 Å². The molecule has 1 aromatic heterocycles. The Morgan fingerprint density at radius 3 is 2.33 bits per heavy atom. The van der Waals surface area contributed by atoms with Crippen molar-refractivity contribution in [2.24, 2.45) is 5.92 Å². The highest BCUT2D eigenvalue weighted by Crippen LogP contribution is 2.34. The van der Waals surface area contributed by atoms with Crippen LogP contribution in [0.15, 0.2) is 36.4 Å². The molecule has 3 heterocycles. The van der Waals surface area contributed by atoms with Crippen molar-refractivity contribution in [3.8, 4) is 11.5 Å². The number of nitrogens with one attached hydrogen (secondary N) is 2. The fourth-order valence-corrected chi connectivity index (χ4v) is 5.04. The summed E-state index contributed by atoms with van der Waals surface area (Å²) in [4.78, 5) is 39.9. The summed E-state index contributed by atoms with van der Waals surface area (Å²) < 4.78 is 10.6. The zero-order valence-corrected chi connectivity index (χ0v) is 20.7. The maximum atomic E-state index is 12.9. The second kappa shape index (κ2) is 9.94. The summed E-state index contributed by atoms with van der Waals surface area (Å²) in [6.45, 7) is 4.99. The van der Waals surface area contributed by atoms with E-state index in [9.17, 15) is 14.4 Å². The largest absolute Gasteiger partial charge is 0.454 e. The number of amides is 3. The molecule has 1 fully saturated rings. The van der Waals surface area contributed by atoms with E-state index >= 15 is 0 Å². The number of ether oxygens (including phenoxy) is 2. The minimum atomic E-state index is -0.466. The standard InChI is InChI=1S/C25H25N5O5S/c1-14-9-15(2)11-18(10-14)27-21(31)16-5-7-30(8-6-16)25(33)24-29-28-23(36-24)22(32)26-17-3-4-19-20(12-17)35-13-34-19/h3-4,9-12,16H,5-8,13H2,1-2H3,(H,26,32)(H,27,31). The summed E-state index contributed by atoms with van der Waals surface area (Å²) in [6, 6.07) is 11.0. The average Bonchev–Trinajstić information content (AvgIpc) is 3.53. The van der Waals surface area contributed by atoms with E-state index in [1.54, 1.807) is 23.1 Å². The Bertz CT molecular complexity index is 1310. The first kappa shape index (κ1) is 23.7. The van der Waals surface area contributed by atoms with Gasteiger partial charge in [-0.15, -0.1) is 10.2 Å². The zero-order valence-electron chi connectivity index (χ0n) is 19.9. The third-order valence-electron chi connectivity index (χ3n) is 6.07. The summed E-state index contributed by atoms with van der Waals surface area (Å²) in [6.07, 6.45) is 1.11. The number of anilines is 2. The molecular weight excluding hydrogens is 482 g/mol. The van der Waals surface area contributed by atoms with E-state index in [1.807, 2.05) is 26.0 Å². The number of carbonyl (C=O) groups is 3. The van der Waals surface area contributed by atoms with Gasteiger partial charge in [-0.3, -0.25) is 14.4 Å². The zero-order chi connectivity index (χ0) is 25.2. The number of benzene rings is 2. The number of rotatable bonds is 5. The van der Waals surface area contributed by atoms with Gasteiger partial charge in [-0.05, 0) is 62.1 Å². The molecule has 10 nitrogen and oxygen atoms in total. The minimum absolute atomic E-state index is 0.0366. The van der Waals surface area contributed by atoms with Gasteiger partial charge in [0.25, 0.3) is 11.8 Å². The van der Waals surface area contributed by atoms with Crippen molar-refractivity contribution in [2.45, 2.75) is 26.7 Å². The highest BCUT2D eigenvalue weighted by molar-refractivity contribution is 7.15. The maximum Gasteiger partial charge on any atom is 0.286 e. The predicted octanol–water partition coefficient (Wildman–Crippen LogP) is 3.63. The molecular formula is C25H25N5O5S. The van der Waals surface area contributed by atoms with Crippen LogP contribution in [0.25, 0.3) is 0 Å². The second-order valence-electron chi connectivity index (χ2n) is 8.87. The highest BCUT2D eigenvalue weighted by Gasteiger charge is 2.30.